The van der Waals surface area contributed by atoms with E-state index in [0.717, 1.165) is 0 Å². The van der Waals surface area contributed by atoms with E-state index in [9.17, 15) is 4.79 Å². The molecule has 0 fully saturated rings. The maximum atomic E-state index is 11.0. The lowest BCUT2D eigenvalue weighted by Gasteiger charge is -2.05. The second kappa shape index (κ2) is 4.10. The van der Waals surface area contributed by atoms with E-state index in [0.29, 0.717) is 0 Å². The summed E-state index contributed by atoms with van der Waals surface area (Å²) in [5, 5.41) is -0.0442. The van der Waals surface area contributed by atoms with Crippen molar-refractivity contribution in [3.8, 4) is 5.88 Å². The number of nitrogens with two attached hydrogens (primary N) is 1. The normalized spacial score (nSPS) is 9.64. The van der Waals surface area contributed by atoms with Crippen LogP contribution in [0.25, 0.3) is 0 Å². The average Bonchev–Trinajstić information content (AvgIpc) is 2.20. The molecule has 1 rings (SSSR count). The monoisotopic (exact) mass is 217 g/mol. The van der Waals surface area contributed by atoms with Gasteiger partial charge in [0, 0.05) is 0 Å². The molecule has 0 aliphatic rings. The molecule has 0 aliphatic carbocycles. The van der Waals surface area contributed by atoms with Gasteiger partial charge in [-0.2, -0.15) is 4.98 Å². The van der Waals surface area contributed by atoms with E-state index in [1.807, 2.05) is 0 Å². The van der Waals surface area contributed by atoms with E-state index in [1.54, 1.807) is 0 Å². The zero-order valence-corrected chi connectivity index (χ0v) is 8.33. The first-order valence-corrected chi connectivity index (χ1v) is 3.93. The Kier molecular flexibility index (Phi) is 3.08. The SMILES string of the molecule is COC(=O)c1nc(Cl)c(N)c(OC)n1. The van der Waals surface area contributed by atoms with E-state index in [1.165, 1.54) is 14.2 Å². The van der Waals surface area contributed by atoms with Crippen LogP contribution in [0.2, 0.25) is 5.15 Å². The number of esters is 1. The number of methoxy groups -OCH3 is 2. The van der Waals surface area contributed by atoms with Gasteiger partial charge in [-0.05, 0) is 0 Å². The summed E-state index contributed by atoms with van der Waals surface area (Å²) < 4.78 is 9.20. The second-order valence-electron chi connectivity index (χ2n) is 2.25. The van der Waals surface area contributed by atoms with Gasteiger partial charge in [0.25, 0.3) is 0 Å². The summed E-state index contributed by atoms with van der Waals surface area (Å²) in [6.45, 7) is 0. The van der Waals surface area contributed by atoms with Gasteiger partial charge < -0.3 is 15.2 Å². The van der Waals surface area contributed by atoms with Crippen LogP contribution in [0, 0.1) is 0 Å². The summed E-state index contributed by atoms with van der Waals surface area (Å²) in [6, 6.07) is 0. The van der Waals surface area contributed by atoms with Gasteiger partial charge in [0.1, 0.15) is 5.69 Å². The maximum absolute atomic E-state index is 11.0. The maximum Gasteiger partial charge on any atom is 0.376 e. The zero-order valence-electron chi connectivity index (χ0n) is 7.57. The summed E-state index contributed by atoms with van der Waals surface area (Å²) in [5.74, 6) is -0.848. The summed E-state index contributed by atoms with van der Waals surface area (Å²) in [4.78, 5) is 18.4. The smallest absolute Gasteiger partial charge is 0.376 e. The lowest BCUT2D eigenvalue weighted by Crippen LogP contribution is -2.10. The molecule has 6 nitrogen and oxygen atoms in total. The number of nitrogen functional groups attached to an aromatic ring is 1. The summed E-state index contributed by atoms with van der Waals surface area (Å²) in [6.07, 6.45) is 0. The number of anilines is 1. The Morgan fingerprint density at radius 2 is 2.07 bits per heavy atom. The van der Waals surface area contributed by atoms with Crippen molar-refractivity contribution in [3.63, 3.8) is 0 Å². The molecule has 0 radical (unpaired) electrons. The number of ether oxygens (including phenoxy) is 2. The average molecular weight is 218 g/mol. The molecular weight excluding hydrogens is 210 g/mol. The number of aromatic nitrogens is 2. The van der Waals surface area contributed by atoms with Crippen LogP contribution in [-0.4, -0.2) is 30.2 Å². The van der Waals surface area contributed by atoms with Crippen molar-refractivity contribution in [2.45, 2.75) is 0 Å². The van der Waals surface area contributed by atoms with Crippen LogP contribution in [0.1, 0.15) is 10.6 Å². The molecule has 2 N–H and O–H groups in total. The van der Waals surface area contributed by atoms with Gasteiger partial charge in [-0.25, -0.2) is 9.78 Å². The molecule has 0 aromatic carbocycles. The standard InChI is InChI=1S/C7H8ClN3O3/c1-13-6-3(9)4(8)10-5(11-6)7(12)14-2/h9H2,1-2H3. The third kappa shape index (κ3) is 1.85. The molecule has 0 spiro atoms. The molecule has 0 saturated heterocycles. The van der Waals surface area contributed by atoms with E-state index in [4.69, 9.17) is 22.1 Å². The van der Waals surface area contributed by atoms with Crippen molar-refractivity contribution >= 4 is 23.3 Å². The Hall–Kier alpha value is -1.56. The fraction of sp³-hybridized carbons (Fsp3) is 0.286. The highest BCUT2D eigenvalue weighted by Crippen LogP contribution is 2.25. The summed E-state index contributed by atoms with van der Waals surface area (Å²) in [7, 11) is 2.57. The molecule has 76 valence electrons. The number of carbonyl (C=O) groups is 1. The number of nitrogens with zero attached hydrogens (tertiary/aromatic N) is 2. The summed E-state index contributed by atoms with van der Waals surface area (Å²) >= 11 is 5.63. The Labute approximate surface area is 85.0 Å². The number of carbonyl (C=O) groups excluding carboxylic acids is 1. The minimum atomic E-state index is -0.704. The van der Waals surface area contributed by atoms with Crippen molar-refractivity contribution in [2.75, 3.05) is 20.0 Å². The fourth-order valence-electron chi connectivity index (χ4n) is 0.761. The number of hydrogen-bond donors (Lipinski definition) is 1. The van der Waals surface area contributed by atoms with Crippen molar-refractivity contribution in [2.24, 2.45) is 0 Å². The van der Waals surface area contributed by atoms with E-state index in [2.05, 4.69) is 14.7 Å². The second-order valence-corrected chi connectivity index (χ2v) is 2.61. The Balaban J connectivity index is 3.22. The van der Waals surface area contributed by atoms with E-state index < -0.39 is 5.97 Å². The third-order valence-corrected chi connectivity index (χ3v) is 1.71. The Bertz CT molecular complexity index is 369. The molecule has 14 heavy (non-hydrogen) atoms. The van der Waals surface area contributed by atoms with Gasteiger partial charge in [0.15, 0.2) is 5.15 Å². The van der Waals surface area contributed by atoms with E-state index >= 15 is 0 Å². The molecule has 7 heteroatoms. The minimum Gasteiger partial charge on any atom is -0.479 e. The van der Waals surface area contributed by atoms with Gasteiger partial charge in [0.2, 0.25) is 11.7 Å². The van der Waals surface area contributed by atoms with Gasteiger partial charge in [-0.1, -0.05) is 11.6 Å². The van der Waals surface area contributed by atoms with Crippen molar-refractivity contribution < 1.29 is 14.3 Å². The number of rotatable bonds is 2. The molecule has 1 aromatic heterocycles. The quantitative estimate of drug-likeness (QED) is 0.574. The molecule has 0 aliphatic heterocycles. The van der Waals surface area contributed by atoms with Gasteiger partial charge >= 0.3 is 5.97 Å². The predicted octanol–water partition coefficient (Wildman–Crippen LogP) is 0.507. The lowest BCUT2D eigenvalue weighted by molar-refractivity contribution is 0.0585. The predicted molar refractivity (Wildman–Crippen MR) is 49.3 cm³/mol. The van der Waals surface area contributed by atoms with Gasteiger partial charge in [-0.3, -0.25) is 0 Å². The summed E-state index contributed by atoms with van der Waals surface area (Å²) in [5.41, 5.74) is 5.55. The largest absolute Gasteiger partial charge is 0.479 e. The molecule has 1 aromatic rings. The van der Waals surface area contributed by atoms with Crippen LogP contribution in [0.5, 0.6) is 5.88 Å². The van der Waals surface area contributed by atoms with Crippen LogP contribution in [0.15, 0.2) is 0 Å². The lowest BCUT2D eigenvalue weighted by atomic mass is 10.5. The first-order chi connectivity index (χ1) is 6.60. The van der Waals surface area contributed by atoms with E-state index in [-0.39, 0.29) is 22.5 Å². The molecule has 0 amide bonds. The minimum absolute atomic E-state index is 0.0442. The molecule has 0 bridgehead atoms. The van der Waals surface area contributed by atoms with Crippen LogP contribution in [-0.2, 0) is 4.74 Å². The highest BCUT2D eigenvalue weighted by molar-refractivity contribution is 6.32. The number of hydrogen-bond acceptors (Lipinski definition) is 6. The molecule has 0 atom stereocenters. The zero-order chi connectivity index (χ0) is 10.7. The Morgan fingerprint density at radius 3 is 2.57 bits per heavy atom. The molecule has 0 unspecified atom stereocenters. The van der Waals surface area contributed by atoms with Crippen LogP contribution in [0.3, 0.4) is 0 Å². The highest BCUT2D eigenvalue weighted by atomic mass is 35.5. The third-order valence-electron chi connectivity index (χ3n) is 1.43. The highest BCUT2D eigenvalue weighted by Gasteiger charge is 2.16. The molecular formula is C7H8ClN3O3. The first-order valence-electron chi connectivity index (χ1n) is 3.55. The fourth-order valence-corrected chi connectivity index (χ4v) is 0.922. The molecule has 1 heterocycles. The molecule has 0 saturated carbocycles. The van der Waals surface area contributed by atoms with Crippen LogP contribution < -0.4 is 10.5 Å². The first kappa shape index (κ1) is 10.5. The van der Waals surface area contributed by atoms with Crippen LogP contribution in [0.4, 0.5) is 5.69 Å². The van der Waals surface area contributed by atoms with Gasteiger partial charge in [0.05, 0.1) is 14.2 Å². The van der Waals surface area contributed by atoms with Gasteiger partial charge in [-0.15, -0.1) is 0 Å². The van der Waals surface area contributed by atoms with Crippen molar-refractivity contribution in [3.05, 3.63) is 11.0 Å². The van der Waals surface area contributed by atoms with Crippen LogP contribution >= 0.6 is 11.6 Å². The Morgan fingerprint density at radius 1 is 1.43 bits per heavy atom. The topological polar surface area (TPSA) is 87.3 Å². The van der Waals surface area contributed by atoms with Crippen molar-refractivity contribution in [1.82, 2.24) is 9.97 Å². The van der Waals surface area contributed by atoms with Crippen molar-refractivity contribution in [1.29, 1.82) is 0 Å². The number of halogens is 1.